The fraction of sp³-hybridized carbons (Fsp3) is 0.962. The quantitative estimate of drug-likeness (QED) is 0.0305. The first-order valence-electron chi connectivity index (χ1n) is 25.4. The molecule has 396 valence electrons. The molecule has 1 atom stereocenters. The van der Waals surface area contributed by atoms with E-state index in [0.717, 1.165) is 44.8 Å². The minimum atomic E-state index is -1.25. The lowest BCUT2D eigenvalue weighted by Crippen LogP contribution is -2.41. The van der Waals surface area contributed by atoms with Crippen molar-refractivity contribution in [1.82, 2.24) is 0 Å². The summed E-state index contributed by atoms with van der Waals surface area (Å²) < 4.78 is 20.5. The SMILES string of the molecule is C.CC.CC.CC(C)C.CCC.CCCCCCCCCCOCCOOC1CCC(OC(=O)C(C)(CO)COC(=O)CC)CC1.CCCCCCCCCCOOCC.COC.O. The number of hydrogen-bond donors (Lipinski definition) is 1. The van der Waals surface area contributed by atoms with Crippen LogP contribution in [0, 0.1) is 11.3 Å². The minimum absolute atomic E-state index is 0. The van der Waals surface area contributed by atoms with Gasteiger partial charge in [0.15, 0.2) is 0 Å². The van der Waals surface area contributed by atoms with Gasteiger partial charge in [-0.05, 0) is 58.3 Å². The molecule has 3 N–H and O–H groups in total. The van der Waals surface area contributed by atoms with Crippen LogP contribution in [0.2, 0.25) is 0 Å². The molecule has 1 saturated carbocycles. The molecule has 1 aliphatic rings. The molecule has 0 spiro atoms. The van der Waals surface area contributed by atoms with Gasteiger partial charge in [0, 0.05) is 27.2 Å². The Balaban J connectivity index is -0.000000144. The second kappa shape index (κ2) is 70.6. The Morgan fingerprint density at radius 1 is 0.609 bits per heavy atom. The maximum Gasteiger partial charge on any atom is 0.317 e. The van der Waals surface area contributed by atoms with Crippen LogP contribution in [-0.4, -0.2) is 95.2 Å². The van der Waals surface area contributed by atoms with Crippen molar-refractivity contribution < 1.29 is 58.7 Å². The molecule has 0 aromatic rings. The monoisotopic (exact) mass is 933 g/mol. The molecule has 0 aromatic carbocycles. The maximum atomic E-state index is 12.5. The molecule has 1 rings (SSSR count). The normalized spacial score (nSPS) is 14.3. The smallest absolute Gasteiger partial charge is 0.317 e. The van der Waals surface area contributed by atoms with E-state index in [1.165, 1.54) is 103 Å². The molecule has 0 aromatic heterocycles. The van der Waals surface area contributed by atoms with E-state index in [1.54, 1.807) is 21.1 Å². The highest BCUT2D eigenvalue weighted by molar-refractivity contribution is 5.77. The van der Waals surface area contributed by atoms with Gasteiger partial charge in [-0.15, -0.1) is 0 Å². The summed E-state index contributed by atoms with van der Waals surface area (Å²) >= 11 is 0. The van der Waals surface area contributed by atoms with E-state index >= 15 is 0 Å². The summed E-state index contributed by atoms with van der Waals surface area (Å²) in [6, 6.07) is 0. The Morgan fingerprint density at radius 2 is 1.00 bits per heavy atom. The van der Waals surface area contributed by atoms with Crippen molar-refractivity contribution in [3.05, 3.63) is 0 Å². The van der Waals surface area contributed by atoms with Crippen molar-refractivity contribution in [2.24, 2.45) is 11.3 Å². The number of carbonyl (C=O) groups is 2. The average molecular weight is 933 g/mol. The van der Waals surface area contributed by atoms with Crippen molar-refractivity contribution in [1.29, 1.82) is 0 Å². The highest BCUT2D eigenvalue weighted by Crippen LogP contribution is 2.27. The van der Waals surface area contributed by atoms with Crippen LogP contribution in [0.1, 0.15) is 246 Å². The van der Waals surface area contributed by atoms with Gasteiger partial charge in [-0.25, -0.2) is 19.6 Å². The fourth-order valence-electron chi connectivity index (χ4n) is 5.17. The van der Waals surface area contributed by atoms with Crippen LogP contribution < -0.4 is 0 Å². The van der Waals surface area contributed by atoms with E-state index in [9.17, 15) is 14.7 Å². The van der Waals surface area contributed by atoms with E-state index in [-0.39, 0.29) is 38.1 Å². The molecule has 1 unspecified atom stereocenters. The molecule has 12 heteroatoms. The number of hydrogen-bond acceptors (Lipinski definition) is 11. The molecule has 64 heavy (non-hydrogen) atoms. The Morgan fingerprint density at radius 3 is 1.39 bits per heavy atom. The second-order valence-corrected chi connectivity index (χ2v) is 16.1. The van der Waals surface area contributed by atoms with E-state index in [0.29, 0.717) is 32.7 Å². The minimum Gasteiger partial charge on any atom is -0.464 e. The van der Waals surface area contributed by atoms with Crippen LogP contribution in [0.3, 0.4) is 0 Å². The van der Waals surface area contributed by atoms with E-state index in [4.69, 9.17) is 33.8 Å². The first-order chi connectivity index (χ1) is 29.9. The van der Waals surface area contributed by atoms with Crippen LogP contribution in [0.15, 0.2) is 0 Å². The van der Waals surface area contributed by atoms with Gasteiger partial charge in [-0.1, -0.05) is 187 Å². The van der Waals surface area contributed by atoms with E-state index in [1.807, 2.05) is 34.6 Å². The summed E-state index contributed by atoms with van der Waals surface area (Å²) in [5.74, 6) is -0.128. The van der Waals surface area contributed by atoms with Gasteiger partial charge in [0.25, 0.3) is 0 Å². The number of methoxy groups -OCH3 is 1. The van der Waals surface area contributed by atoms with Crippen LogP contribution in [0.25, 0.3) is 0 Å². The molecule has 0 heterocycles. The predicted molar refractivity (Wildman–Crippen MR) is 272 cm³/mol. The van der Waals surface area contributed by atoms with Crippen molar-refractivity contribution in [3.63, 3.8) is 0 Å². The van der Waals surface area contributed by atoms with Crippen molar-refractivity contribution in [3.8, 4) is 0 Å². The standard InChI is InChI=1S/C26H48O8.C12H26O2.C4H10.C3H8.C2H6O.2C2H6.CH4.H2O/c1-4-6-7-8-9-10-11-12-17-30-18-19-32-34-23-15-13-22(14-16-23)33-25(29)26(3,20-27)21-31-24(28)5-2;1-3-5-6-7-8-9-10-11-12-14-13-4-2;1-4(2)3;2*1-3-2;2*1-2;;/h22-23,27H,4-21H2,1-3H3;3-12H2,1-2H3;4H,1-3H3;3H2,1-2H3;1-2H3;2*1-2H3;1H4;1H2. The second-order valence-electron chi connectivity index (χ2n) is 16.1. The van der Waals surface area contributed by atoms with Gasteiger partial charge in [0.1, 0.15) is 24.7 Å². The van der Waals surface area contributed by atoms with Crippen molar-refractivity contribution in [2.45, 2.75) is 258 Å². The third kappa shape index (κ3) is 69.7. The van der Waals surface area contributed by atoms with Crippen molar-refractivity contribution >= 4 is 11.9 Å². The zero-order valence-electron chi connectivity index (χ0n) is 44.8. The topological polar surface area (TPSA) is 160 Å². The third-order valence-corrected chi connectivity index (χ3v) is 8.52. The highest BCUT2D eigenvalue weighted by Gasteiger charge is 2.38. The number of aliphatic hydroxyl groups is 1. The summed E-state index contributed by atoms with van der Waals surface area (Å²) in [6.45, 7) is 30.8. The Labute approximate surface area is 399 Å². The van der Waals surface area contributed by atoms with Crippen molar-refractivity contribution in [2.75, 3.05) is 60.5 Å². The molecule has 0 bridgehead atoms. The summed E-state index contributed by atoms with van der Waals surface area (Å²) in [5, 5.41) is 9.62. The largest absolute Gasteiger partial charge is 0.464 e. The van der Waals surface area contributed by atoms with Gasteiger partial charge in [-0.2, -0.15) is 0 Å². The van der Waals surface area contributed by atoms with E-state index < -0.39 is 24.0 Å². The first-order valence-corrected chi connectivity index (χ1v) is 25.4. The lowest BCUT2D eigenvalue weighted by Gasteiger charge is -2.31. The van der Waals surface area contributed by atoms with Gasteiger partial charge in [0.05, 0.1) is 32.5 Å². The number of carbonyl (C=O) groups excluding carboxylic acids is 2. The molecule has 0 saturated heterocycles. The summed E-state index contributed by atoms with van der Waals surface area (Å²) in [7, 11) is 3.25. The average Bonchev–Trinajstić information content (AvgIpc) is 3.27. The van der Waals surface area contributed by atoms with E-state index in [2.05, 4.69) is 53.2 Å². The first kappa shape index (κ1) is 79.7. The molecule has 1 aliphatic carbocycles. The van der Waals surface area contributed by atoms with Crippen LogP contribution >= 0.6 is 0 Å². The Hall–Kier alpha value is -1.38. The van der Waals surface area contributed by atoms with Gasteiger partial charge in [-0.3, -0.25) is 9.59 Å². The predicted octanol–water partition coefficient (Wildman–Crippen LogP) is 14.2. The lowest BCUT2D eigenvalue weighted by molar-refractivity contribution is -0.333. The van der Waals surface area contributed by atoms with Gasteiger partial charge in [0.2, 0.25) is 0 Å². The molecule has 0 amide bonds. The molecule has 12 nitrogen and oxygen atoms in total. The third-order valence-electron chi connectivity index (χ3n) is 8.52. The molecular weight excluding hydrogens is 817 g/mol. The number of unbranched alkanes of at least 4 members (excludes halogenated alkanes) is 14. The number of aliphatic hydroxyl groups excluding tert-OH is 1. The van der Waals surface area contributed by atoms with Crippen LogP contribution in [0.5, 0.6) is 0 Å². The van der Waals surface area contributed by atoms with Crippen LogP contribution in [-0.2, 0) is 48.1 Å². The maximum absolute atomic E-state index is 12.5. The lowest BCUT2D eigenvalue weighted by atomic mass is 9.91. The highest BCUT2D eigenvalue weighted by atomic mass is 17.2. The number of rotatable bonds is 31. The summed E-state index contributed by atoms with van der Waals surface area (Å²) in [5.41, 5.74) is -1.25. The Bertz CT molecular complexity index is 778. The summed E-state index contributed by atoms with van der Waals surface area (Å²) in [4.78, 5) is 44.4. The van der Waals surface area contributed by atoms with Gasteiger partial charge >= 0.3 is 11.9 Å². The zero-order valence-corrected chi connectivity index (χ0v) is 44.8. The molecule has 1 fully saturated rings. The molecule has 0 aliphatic heterocycles. The van der Waals surface area contributed by atoms with Crippen LogP contribution in [0.4, 0.5) is 0 Å². The fourth-order valence-corrected chi connectivity index (χ4v) is 5.17. The molecular formula is C52H116O12. The Kier molecular flexibility index (Phi) is 88.0. The number of esters is 2. The molecule has 0 radical (unpaired) electrons. The zero-order chi connectivity index (χ0) is 48.5. The summed E-state index contributed by atoms with van der Waals surface area (Å²) in [6.07, 6.45) is 24.9. The van der Waals surface area contributed by atoms with Gasteiger partial charge < -0.3 is 29.5 Å². The number of ether oxygens (including phenoxy) is 4.